The zero-order valence-electron chi connectivity index (χ0n) is 13.4. The molecule has 0 unspecified atom stereocenters. The largest absolute Gasteiger partial charge is 0.293 e. The molecule has 0 radical (unpaired) electrons. The Morgan fingerprint density at radius 3 is 2.73 bits per heavy atom. The van der Waals surface area contributed by atoms with Crippen molar-refractivity contribution >= 4 is 17.4 Å². The van der Waals surface area contributed by atoms with Crippen LogP contribution in [0.5, 0.6) is 0 Å². The lowest BCUT2D eigenvalue weighted by Crippen LogP contribution is -2.46. The molecule has 0 aromatic carbocycles. The van der Waals surface area contributed by atoms with E-state index >= 15 is 0 Å². The van der Waals surface area contributed by atoms with Crippen LogP contribution in [0, 0.1) is 47.3 Å². The van der Waals surface area contributed by atoms with E-state index in [1.165, 1.54) is 37.7 Å². The van der Waals surface area contributed by atoms with E-state index in [1.54, 1.807) is 0 Å². The van der Waals surface area contributed by atoms with Gasteiger partial charge in [-0.25, -0.2) is 0 Å². The number of Topliss-reactive ketones (excluding diaryl/α,β-unsaturated/α-hetero) is 1. The van der Waals surface area contributed by atoms with Gasteiger partial charge >= 0.3 is 0 Å². The van der Waals surface area contributed by atoms with Crippen LogP contribution in [0.25, 0.3) is 0 Å². The maximum absolute atomic E-state index is 11.9. The summed E-state index contributed by atoms with van der Waals surface area (Å²) in [6.07, 6.45) is 14.9. The molecule has 0 amide bonds. The number of halogens is 1. The van der Waals surface area contributed by atoms with Crippen LogP contribution >= 0.6 is 11.6 Å². The maximum Gasteiger partial charge on any atom is 0.174 e. The Hall–Kier alpha value is -0.740. The van der Waals surface area contributed by atoms with Crippen molar-refractivity contribution in [3.63, 3.8) is 0 Å². The highest BCUT2D eigenvalue weighted by Gasteiger charge is 2.56. The molecule has 22 heavy (non-hydrogen) atoms. The van der Waals surface area contributed by atoms with Crippen LogP contribution in [0.1, 0.15) is 58.3 Å². The number of hydrogen-bond donors (Lipinski definition) is 0. The van der Waals surface area contributed by atoms with Gasteiger partial charge in [0.15, 0.2) is 5.78 Å². The molecule has 1 nitrogen and oxygen atoms in total. The summed E-state index contributed by atoms with van der Waals surface area (Å²) < 4.78 is 0. The Kier molecular flexibility index (Phi) is 3.46. The van der Waals surface area contributed by atoms with Gasteiger partial charge in [0.2, 0.25) is 0 Å². The number of terminal acetylenes is 1. The SMILES string of the molecule is C#C[C@@H]1CC[C@H]2[C@@H]3CCC4=C(Cl)C(=O)CC[C@@H]4[C@H]3CC[C@]12C. The standard InChI is InChI=1S/C20H25ClO/c1-3-12-4-8-17-15-5-6-16-13(7-9-18(22)19(16)21)14(15)10-11-20(12,17)2/h1,12-15,17H,4-11H2,2H3/t12-,13-,14-,15-,17+,20-/m1/s1. The molecular weight excluding hydrogens is 292 g/mol. The third-order valence-corrected chi connectivity index (χ3v) is 8.07. The van der Waals surface area contributed by atoms with Gasteiger partial charge in [-0.2, -0.15) is 0 Å². The molecule has 2 heteroatoms. The third kappa shape index (κ3) is 1.89. The third-order valence-electron chi connectivity index (χ3n) is 7.61. The van der Waals surface area contributed by atoms with E-state index < -0.39 is 0 Å². The fraction of sp³-hybridized carbons (Fsp3) is 0.750. The summed E-state index contributed by atoms with van der Waals surface area (Å²) in [7, 11) is 0. The minimum atomic E-state index is 0.181. The Balaban J connectivity index is 1.65. The van der Waals surface area contributed by atoms with E-state index in [-0.39, 0.29) is 5.78 Å². The van der Waals surface area contributed by atoms with Crippen molar-refractivity contribution in [2.24, 2.45) is 35.0 Å². The van der Waals surface area contributed by atoms with E-state index in [0.29, 0.717) is 28.7 Å². The molecule has 4 aliphatic rings. The zero-order valence-corrected chi connectivity index (χ0v) is 14.2. The normalized spacial score (nSPS) is 47.5. The topological polar surface area (TPSA) is 17.1 Å². The minimum absolute atomic E-state index is 0.181. The van der Waals surface area contributed by atoms with Crippen LogP contribution in [0.2, 0.25) is 0 Å². The van der Waals surface area contributed by atoms with Gasteiger partial charge < -0.3 is 0 Å². The highest BCUT2D eigenvalue weighted by Crippen LogP contribution is 2.63. The molecule has 118 valence electrons. The van der Waals surface area contributed by atoms with Crippen molar-refractivity contribution in [3.05, 3.63) is 10.6 Å². The lowest BCUT2D eigenvalue weighted by molar-refractivity contribution is -0.116. The molecule has 3 fully saturated rings. The molecule has 0 spiro atoms. The molecule has 0 aromatic rings. The van der Waals surface area contributed by atoms with Crippen molar-refractivity contribution in [2.45, 2.75) is 58.3 Å². The van der Waals surface area contributed by atoms with Gasteiger partial charge in [0.05, 0.1) is 5.03 Å². The Morgan fingerprint density at radius 2 is 1.95 bits per heavy atom. The molecule has 0 aromatic heterocycles. The van der Waals surface area contributed by atoms with Crippen molar-refractivity contribution in [1.29, 1.82) is 0 Å². The van der Waals surface area contributed by atoms with E-state index in [4.69, 9.17) is 18.0 Å². The maximum atomic E-state index is 11.9. The summed E-state index contributed by atoms with van der Waals surface area (Å²) in [5, 5.41) is 0.593. The number of fused-ring (bicyclic) bond motifs is 5. The Morgan fingerprint density at radius 1 is 1.14 bits per heavy atom. The minimum Gasteiger partial charge on any atom is -0.293 e. The molecule has 6 atom stereocenters. The number of allylic oxidation sites excluding steroid dienone is 1. The lowest BCUT2D eigenvalue weighted by atomic mass is 9.51. The van der Waals surface area contributed by atoms with Crippen molar-refractivity contribution < 1.29 is 4.79 Å². The van der Waals surface area contributed by atoms with E-state index in [2.05, 4.69) is 12.8 Å². The smallest absolute Gasteiger partial charge is 0.174 e. The molecule has 0 heterocycles. The number of hydrogen-bond acceptors (Lipinski definition) is 1. The van der Waals surface area contributed by atoms with Gasteiger partial charge in [0.25, 0.3) is 0 Å². The molecular formula is C20H25ClO. The van der Waals surface area contributed by atoms with Crippen LogP contribution in [-0.4, -0.2) is 5.78 Å². The number of ketones is 1. The first-order valence-electron chi connectivity index (χ1n) is 8.94. The summed E-state index contributed by atoms with van der Waals surface area (Å²) in [6.45, 7) is 2.45. The van der Waals surface area contributed by atoms with Gasteiger partial charge in [-0.1, -0.05) is 18.5 Å². The highest BCUT2D eigenvalue weighted by atomic mass is 35.5. The molecule has 0 saturated heterocycles. The van der Waals surface area contributed by atoms with Crippen LogP contribution in [0.15, 0.2) is 10.6 Å². The first kappa shape index (κ1) is 14.8. The highest BCUT2D eigenvalue weighted by molar-refractivity contribution is 6.43. The van der Waals surface area contributed by atoms with E-state index in [0.717, 1.165) is 30.6 Å². The van der Waals surface area contributed by atoms with Gasteiger partial charge in [0, 0.05) is 12.3 Å². The summed E-state index contributed by atoms with van der Waals surface area (Å²) in [5.74, 6) is 6.69. The van der Waals surface area contributed by atoms with Crippen LogP contribution in [0.3, 0.4) is 0 Å². The fourth-order valence-electron chi connectivity index (χ4n) is 6.51. The zero-order chi connectivity index (χ0) is 15.5. The average molecular weight is 317 g/mol. The Labute approximate surface area is 138 Å². The van der Waals surface area contributed by atoms with Crippen LogP contribution in [0.4, 0.5) is 0 Å². The van der Waals surface area contributed by atoms with Crippen molar-refractivity contribution in [2.75, 3.05) is 0 Å². The second-order valence-corrected chi connectivity index (χ2v) is 8.60. The number of carbonyl (C=O) groups is 1. The summed E-state index contributed by atoms with van der Waals surface area (Å²) >= 11 is 6.36. The second-order valence-electron chi connectivity index (χ2n) is 8.22. The number of carbonyl (C=O) groups excluding carboxylic acids is 1. The van der Waals surface area contributed by atoms with Gasteiger partial charge in [-0.15, -0.1) is 12.3 Å². The average Bonchev–Trinajstić information content (AvgIpc) is 2.87. The molecule has 0 bridgehead atoms. The summed E-state index contributed by atoms with van der Waals surface area (Å²) in [4.78, 5) is 11.9. The Bertz CT molecular complexity index is 583. The van der Waals surface area contributed by atoms with Crippen molar-refractivity contribution in [3.8, 4) is 12.3 Å². The fourth-order valence-corrected chi connectivity index (χ4v) is 6.84. The molecule has 0 N–H and O–H groups in total. The summed E-state index contributed by atoms with van der Waals surface area (Å²) in [5.41, 5.74) is 1.67. The molecule has 3 saturated carbocycles. The summed E-state index contributed by atoms with van der Waals surface area (Å²) in [6, 6.07) is 0. The molecule has 4 rings (SSSR count). The van der Waals surface area contributed by atoms with Crippen LogP contribution in [-0.2, 0) is 4.79 Å². The first-order valence-corrected chi connectivity index (χ1v) is 9.32. The quantitative estimate of drug-likeness (QED) is 0.578. The second kappa shape index (κ2) is 5.13. The predicted octanol–water partition coefficient (Wildman–Crippen LogP) is 4.94. The van der Waals surface area contributed by atoms with Gasteiger partial charge in [-0.05, 0) is 79.6 Å². The molecule has 4 aliphatic carbocycles. The van der Waals surface area contributed by atoms with E-state index in [9.17, 15) is 4.79 Å². The monoisotopic (exact) mass is 316 g/mol. The number of rotatable bonds is 0. The lowest BCUT2D eigenvalue weighted by Gasteiger charge is -2.53. The van der Waals surface area contributed by atoms with E-state index in [1.807, 2.05) is 0 Å². The van der Waals surface area contributed by atoms with Gasteiger partial charge in [-0.3, -0.25) is 4.79 Å². The van der Waals surface area contributed by atoms with Gasteiger partial charge in [0.1, 0.15) is 0 Å². The van der Waals surface area contributed by atoms with Crippen molar-refractivity contribution in [1.82, 2.24) is 0 Å². The first-order chi connectivity index (χ1) is 10.6. The van der Waals surface area contributed by atoms with Crippen LogP contribution < -0.4 is 0 Å². The molecule has 0 aliphatic heterocycles. The predicted molar refractivity (Wildman–Crippen MR) is 89.2 cm³/mol.